The van der Waals surface area contributed by atoms with Gasteiger partial charge in [0, 0.05) is 13.2 Å². The second kappa shape index (κ2) is 38.4. The molecule has 0 rings (SSSR count). The maximum Gasteiger partial charge on any atom is 0.188 e. The molecule has 0 aliphatic heterocycles. The van der Waals surface area contributed by atoms with Crippen molar-refractivity contribution in [1.29, 1.82) is 0 Å². The van der Waals surface area contributed by atoms with Crippen LogP contribution in [0, 0.1) is 0 Å². The number of hydrogen-bond donors (Lipinski definition) is 0. The third kappa shape index (κ3) is 35.6. The van der Waals surface area contributed by atoms with Crippen LogP contribution in [-0.2, 0) is 18.9 Å². The fraction of sp³-hybridized carbons (Fsp3) is 0.947. The van der Waals surface area contributed by atoms with Gasteiger partial charge in [-0.1, -0.05) is 156 Å². The van der Waals surface area contributed by atoms with Crippen molar-refractivity contribution in [2.75, 3.05) is 26.6 Å². The summed E-state index contributed by atoms with van der Waals surface area (Å²) in [4.78, 5) is 0. The highest BCUT2D eigenvalue weighted by molar-refractivity contribution is 4.72. The zero-order chi connectivity index (χ0) is 30.4. The Hall–Kier alpha value is -0.580. The normalized spacial score (nSPS) is 11.8. The average molecular weight is 597 g/mol. The van der Waals surface area contributed by atoms with Gasteiger partial charge in [0.1, 0.15) is 0 Å². The Morgan fingerprint density at radius 1 is 0.429 bits per heavy atom. The molecule has 252 valence electrons. The fourth-order valence-corrected chi connectivity index (χ4v) is 5.31. The second-order valence-corrected chi connectivity index (χ2v) is 12.4. The van der Waals surface area contributed by atoms with Crippen molar-refractivity contribution in [2.24, 2.45) is 0 Å². The predicted octanol–water partition coefficient (Wildman–Crippen LogP) is 12.8. The van der Waals surface area contributed by atoms with Crippen molar-refractivity contribution in [2.45, 2.75) is 207 Å². The van der Waals surface area contributed by atoms with Gasteiger partial charge < -0.3 is 18.9 Å². The Bertz CT molecular complexity index is 475. The molecule has 0 bridgehead atoms. The maximum absolute atomic E-state index is 6.23. The number of ether oxygens (including phenoxy) is 4. The molecule has 0 aromatic rings. The first-order chi connectivity index (χ1) is 20.8. The summed E-state index contributed by atoms with van der Waals surface area (Å²) >= 11 is 0. The van der Waals surface area contributed by atoms with Crippen molar-refractivity contribution in [1.82, 2.24) is 0 Å². The summed E-state index contributed by atoms with van der Waals surface area (Å²) in [5.41, 5.74) is 0. The first kappa shape index (κ1) is 41.4. The Labute approximate surface area is 264 Å². The van der Waals surface area contributed by atoms with E-state index in [-0.39, 0.29) is 6.29 Å². The van der Waals surface area contributed by atoms with E-state index >= 15 is 0 Å². The van der Waals surface area contributed by atoms with Crippen molar-refractivity contribution < 1.29 is 18.9 Å². The predicted molar refractivity (Wildman–Crippen MR) is 183 cm³/mol. The van der Waals surface area contributed by atoms with Crippen LogP contribution < -0.4 is 0 Å². The molecule has 0 aromatic heterocycles. The van der Waals surface area contributed by atoms with Crippen molar-refractivity contribution in [3.8, 4) is 0 Å². The van der Waals surface area contributed by atoms with Crippen LogP contribution in [-0.4, -0.2) is 32.9 Å². The van der Waals surface area contributed by atoms with E-state index in [9.17, 15) is 0 Å². The molecule has 0 amide bonds. The minimum atomic E-state index is 0.0166. The zero-order valence-corrected chi connectivity index (χ0v) is 29.0. The molecule has 0 aliphatic carbocycles. The molecule has 0 saturated carbocycles. The lowest BCUT2D eigenvalue weighted by Crippen LogP contribution is -2.19. The molecular weight excluding hydrogens is 520 g/mol. The van der Waals surface area contributed by atoms with Gasteiger partial charge in [0.05, 0.1) is 12.9 Å². The van der Waals surface area contributed by atoms with E-state index in [1.165, 1.54) is 161 Å². The Kier molecular flexibility index (Phi) is 37.9. The number of unbranched alkanes of at least 4 members (excludes halogenated alkanes) is 23. The van der Waals surface area contributed by atoms with Gasteiger partial charge in [-0.05, 0) is 51.0 Å². The topological polar surface area (TPSA) is 36.9 Å². The average Bonchev–Trinajstić information content (AvgIpc) is 3.00. The quantitative estimate of drug-likeness (QED) is 0.0406. The van der Waals surface area contributed by atoms with Crippen LogP contribution >= 0.6 is 0 Å². The molecule has 42 heavy (non-hydrogen) atoms. The number of hydrogen-bond acceptors (Lipinski definition) is 4. The first-order valence-electron chi connectivity index (χ1n) is 18.9. The molecule has 4 nitrogen and oxygen atoms in total. The summed E-state index contributed by atoms with van der Waals surface area (Å²) < 4.78 is 23.3. The van der Waals surface area contributed by atoms with Crippen LogP contribution in [0.1, 0.15) is 201 Å². The monoisotopic (exact) mass is 597 g/mol. The van der Waals surface area contributed by atoms with Crippen molar-refractivity contribution >= 4 is 0 Å². The fourth-order valence-electron chi connectivity index (χ4n) is 5.31. The molecule has 0 aliphatic rings. The molecule has 0 radical (unpaired) electrons. The standard InChI is InChI=1S/C38H76O4/c1-4-7-10-12-20-25-30-35-41-38(42-36-31-26-21-13-11-8-5-2)32-27-23-19-17-15-14-16-18-22-24-29-34-40-37-39-33-28-9-6-3/h29,34,38H,4-28,30-33,35-37H2,1-3H3. The number of rotatable bonds is 37. The van der Waals surface area contributed by atoms with E-state index in [2.05, 4.69) is 26.8 Å². The summed E-state index contributed by atoms with van der Waals surface area (Å²) in [5.74, 6) is 0. The maximum atomic E-state index is 6.23. The highest BCUT2D eigenvalue weighted by Crippen LogP contribution is 2.16. The van der Waals surface area contributed by atoms with E-state index < -0.39 is 0 Å². The molecule has 0 fully saturated rings. The lowest BCUT2D eigenvalue weighted by atomic mass is 10.1. The molecule has 0 aromatic carbocycles. The molecule has 0 saturated heterocycles. The van der Waals surface area contributed by atoms with Crippen molar-refractivity contribution in [3.05, 3.63) is 12.3 Å². The highest BCUT2D eigenvalue weighted by atomic mass is 16.7. The van der Waals surface area contributed by atoms with Gasteiger partial charge in [-0.2, -0.15) is 0 Å². The lowest BCUT2D eigenvalue weighted by molar-refractivity contribution is -0.148. The van der Waals surface area contributed by atoms with Crippen LogP contribution in [0.2, 0.25) is 0 Å². The van der Waals surface area contributed by atoms with Gasteiger partial charge >= 0.3 is 0 Å². The Balaban J connectivity index is 3.74. The van der Waals surface area contributed by atoms with E-state index in [1.807, 2.05) is 6.26 Å². The third-order valence-corrected chi connectivity index (χ3v) is 8.15. The van der Waals surface area contributed by atoms with E-state index in [1.54, 1.807) is 0 Å². The number of allylic oxidation sites excluding steroid dienone is 1. The minimum absolute atomic E-state index is 0.0166. The van der Waals surface area contributed by atoms with Gasteiger partial charge in [-0.25, -0.2) is 0 Å². The SMILES string of the molecule is CCCCCCCCCOC(CCCCCCCCCCCC=COCOCCCCC)OCCCCCCCCC. The summed E-state index contributed by atoms with van der Waals surface area (Å²) in [6.45, 7) is 9.71. The minimum Gasteiger partial charge on any atom is -0.475 e. The van der Waals surface area contributed by atoms with E-state index in [0.717, 1.165) is 39.1 Å². The molecular formula is C38H76O4. The highest BCUT2D eigenvalue weighted by Gasteiger charge is 2.09. The van der Waals surface area contributed by atoms with Gasteiger partial charge in [0.25, 0.3) is 0 Å². The smallest absolute Gasteiger partial charge is 0.188 e. The Morgan fingerprint density at radius 2 is 0.833 bits per heavy atom. The van der Waals surface area contributed by atoms with Crippen molar-refractivity contribution in [3.63, 3.8) is 0 Å². The summed E-state index contributed by atoms with van der Waals surface area (Å²) in [6.07, 6.45) is 40.3. The second-order valence-electron chi connectivity index (χ2n) is 12.4. The summed E-state index contributed by atoms with van der Waals surface area (Å²) in [5, 5.41) is 0. The molecule has 0 spiro atoms. The molecule has 0 N–H and O–H groups in total. The van der Waals surface area contributed by atoms with Crippen LogP contribution in [0.3, 0.4) is 0 Å². The van der Waals surface area contributed by atoms with Crippen LogP contribution in [0.5, 0.6) is 0 Å². The van der Waals surface area contributed by atoms with E-state index in [4.69, 9.17) is 18.9 Å². The molecule has 0 heterocycles. The lowest BCUT2D eigenvalue weighted by Gasteiger charge is -2.19. The Morgan fingerprint density at radius 3 is 1.36 bits per heavy atom. The van der Waals surface area contributed by atoms with Crippen LogP contribution in [0.4, 0.5) is 0 Å². The molecule has 0 unspecified atom stereocenters. The van der Waals surface area contributed by atoms with Gasteiger partial charge in [0.15, 0.2) is 13.1 Å². The van der Waals surface area contributed by atoms with Crippen LogP contribution in [0.25, 0.3) is 0 Å². The van der Waals surface area contributed by atoms with Crippen LogP contribution in [0.15, 0.2) is 12.3 Å². The zero-order valence-electron chi connectivity index (χ0n) is 29.0. The van der Waals surface area contributed by atoms with Gasteiger partial charge in [0.2, 0.25) is 0 Å². The van der Waals surface area contributed by atoms with Gasteiger partial charge in [-0.15, -0.1) is 0 Å². The summed E-state index contributed by atoms with van der Waals surface area (Å²) in [6, 6.07) is 0. The third-order valence-electron chi connectivity index (χ3n) is 8.15. The van der Waals surface area contributed by atoms with E-state index in [0.29, 0.717) is 6.79 Å². The molecule has 0 atom stereocenters. The van der Waals surface area contributed by atoms with Gasteiger partial charge in [-0.3, -0.25) is 0 Å². The largest absolute Gasteiger partial charge is 0.475 e. The molecule has 4 heteroatoms. The first-order valence-corrected chi connectivity index (χ1v) is 18.9. The summed E-state index contributed by atoms with van der Waals surface area (Å²) in [7, 11) is 0.